The van der Waals surface area contributed by atoms with E-state index >= 15 is 0 Å². The first kappa shape index (κ1) is 9.50. The van der Waals surface area contributed by atoms with Crippen LogP contribution in [0.25, 0.3) is 0 Å². The lowest BCUT2D eigenvalue weighted by Gasteiger charge is -2.15. The first-order chi connectivity index (χ1) is 6.90. The molecule has 0 bridgehead atoms. The molecule has 1 aromatic rings. The van der Waals surface area contributed by atoms with Gasteiger partial charge in [0.05, 0.1) is 11.4 Å². The summed E-state index contributed by atoms with van der Waals surface area (Å²) < 4.78 is 0. The molecule has 0 aromatic carbocycles. The lowest BCUT2D eigenvalue weighted by molar-refractivity contribution is 0.616. The number of rotatable bonds is 2. The molecule has 1 aromatic heterocycles. The van der Waals surface area contributed by atoms with Crippen LogP contribution >= 0.6 is 11.8 Å². The number of aromatic nitrogens is 2. The van der Waals surface area contributed by atoms with Gasteiger partial charge in [-0.1, -0.05) is 17.7 Å². The largest absolute Gasteiger partial charge is 0.312 e. The highest BCUT2D eigenvalue weighted by Gasteiger charge is 2.10. The van der Waals surface area contributed by atoms with Gasteiger partial charge in [0, 0.05) is 31.3 Å². The van der Waals surface area contributed by atoms with Gasteiger partial charge < -0.3 is 5.32 Å². The average molecular weight is 205 g/mol. The van der Waals surface area contributed by atoms with E-state index in [-0.39, 0.29) is 0 Å². The number of fused-ring (bicyclic) bond motifs is 1. The zero-order chi connectivity index (χ0) is 9.80. The molecule has 1 N–H and O–H groups in total. The van der Waals surface area contributed by atoms with E-state index in [2.05, 4.69) is 21.2 Å². The van der Waals surface area contributed by atoms with Gasteiger partial charge in [-0.05, 0) is 0 Å². The van der Waals surface area contributed by atoms with Gasteiger partial charge in [0.15, 0.2) is 5.16 Å². The van der Waals surface area contributed by atoms with Crippen molar-refractivity contribution < 1.29 is 0 Å². The van der Waals surface area contributed by atoms with Crippen LogP contribution in [-0.4, -0.2) is 22.3 Å². The lowest BCUT2D eigenvalue weighted by atomic mass is 10.1. The van der Waals surface area contributed by atoms with Crippen molar-refractivity contribution in [2.24, 2.45) is 0 Å². The molecule has 0 atom stereocenters. The van der Waals surface area contributed by atoms with Crippen LogP contribution in [-0.2, 0) is 13.0 Å². The van der Waals surface area contributed by atoms with Gasteiger partial charge >= 0.3 is 0 Å². The first-order valence-electron chi connectivity index (χ1n) is 4.52. The van der Waals surface area contributed by atoms with Crippen molar-refractivity contribution in [2.45, 2.75) is 18.1 Å². The smallest absolute Gasteiger partial charge is 0.188 e. The van der Waals surface area contributed by atoms with Crippen molar-refractivity contribution in [1.82, 2.24) is 15.3 Å². The number of nitrogens with zero attached hydrogens (tertiary/aromatic N) is 2. The van der Waals surface area contributed by atoms with E-state index < -0.39 is 0 Å². The number of nitrogens with one attached hydrogen (secondary N) is 1. The minimum Gasteiger partial charge on any atom is -0.312 e. The standard InChI is InChI=1S/C10H11N3S/c1-2-5-14-10-12-7-8-6-11-4-3-9(8)13-10/h1,7,11H,3-6H2. The Morgan fingerprint density at radius 1 is 1.64 bits per heavy atom. The summed E-state index contributed by atoms with van der Waals surface area (Å²) in [6.07, 6.45) is 8.06. The number of thioether (sulfide) groups is 1. The van der Waals surface area contributed by atoms with Crippen LogP contribution in [0.5, 0.6) is 0 Å². The highest BCUT2D eigenvalue weighted by Crippen LogP contribution is 2.16. The monoisotopic (exact) mass is 205 g/mol. The topological polar surface area (TPSA) is 37.8 Å². The van der Waals surface area contributed by atoms with Crippen LogP contribution in [0.2, 0.25) is 0 Å². The van der Waals surface area contributed by atoms with Gasteiger partial charge in [-0.15, -0.1) is 6.42 Å². The fourth-order valence-electron chi connectivity index (χ4n) is 1.39. The summed E-state index contributed by atoms with van der Waals surface area (Å²) in [5.74, 6) is 3.20. The summed E-state index contributed by atoms with van der Waals surface area (Å²) in [5, 5.41) is 4.08. The molecule has 0 unspecified atom stereocenters. The predicted molar refractivity (Wildman–Crippen MR) is 57.0 cm³/mol. The van der Waals surface area contributed by atoms with Gasteiger partial charge in [-0.2, -0.15) is 0 Å². The molecule has 0 aliphatic carbocycles. The van der Waals surface area contributed by atoms with E-state index in [0.29, 0.717) is 5.75 Å². The molecule has 2 rings (SSSR count). The summed E-state index contributed by atoms with van der Waals surface area (Å²) in [7, 11) is 0. The van der Waals surface area contributed by atoms with Crippen LogP contribution < -0.4 is 5.32 Å². The molecule has 0 saturated heterocycles. The van der Waals surface area contributed by atoms with E-state index in [1.165, 1.54) is 23.0 Å². The third-order valence-corrected chi connectivity index (χ3v) is 2.84. The maximum atomic E-state index is 5.18. The molecule has 0 radical (unpaired) electrons. The van der Waals surface area contributed by atoms with Gasteiger partial charge in [-0.25, -0.2) is 9.97 Å². The maximum Gasteiger partial charge on any atom is 0.188 e. The van der Waals surface area contributed by atoms with Crippen LogP contribution in [0.4, 0.5) is 0 Å². The molecular formula is C10H11N3S. The minimum atomic E-state index is 0.636. The Morgan fingerprint density at radius 3 is 3.43 bits per heavy atom. The molecule has 72 valence electrons. The Labute approximate surface area is 87.7 Å². The first-order valence-corrected chi connectivity index (χ1v) is 5.50. The van der Waals surface area contributed by atoms with Gasteiger partial charge in [-0.3, -0.25) is 0 Å². The highest BCUT2D eigenvalue weighted by atomic mass is 32.2. The Hall–Kier alpha value is -1.05. The molecule has 1 aliphatic heterocycles. The van der Waals surface area contributed by atoms with E-state index in [4.69, 9.17) is 6.42 Å². The molecule has 0 fully saturated rings. The van der Waals surface area contributed by atoms with Crippen LogP contribution in [0, 0.1) is 12.3 Å². The molecule has 3 nitrogen and oxygen atoms in total. The van der Waals surface area contributed by atoms with Crippen LogP contribution in [0.1, 0.15) is 11.3 Å². The summed E-state index contributed by atoms with van der Waals surface area (Å²) in [4.78, 5) is 8.71. The molecule has 0 saturated carbocycles. The number of hydrogen-bond donors (Lipinski definition) is 1. The quantitative estimate of drug-likeness (QED) is 0.441. The van der Waals surface area contributed by atoms with E-state index in [1.54, 1.807) is 0 Å². The molecule has 14 heavy (non-hydrogen) atoms. The van der Waals surface area contributed by atoms with E-state index in [0.717, 1.165) is 24.7 Å². The molecule has 1 aliphatic rings. The fourth-order valence-corrected chi connectivity index (χ4v) is 1.91. The summed E-state index contributed by atoms with van der Waals surface area (Å²) in [5.41, 5.74) is 2.37. The second-order valence-corrected chi connectivity index (χ2v) is 3.99. The Bertz CT molecular complexity index is 370. The minimum absolute atomic E-state index is 0.636. The Balaban J connectivity index is 2.17. The van der Waals surface area contributed by atoms with Crippen molar-refractivity contribution in [3.8, 4) is 12.3 Å². The van der Waals surface area contributed by atoms with Gasteiger partial charge in [0.25, 0.3) is 0 Å². The lowest BCUT2D eigenvalue weighted by Crippen LogP contribution is -2.24. The van der Waals surface area contributed by atoms with Crippen molar-refractivity contribution in [1.29, 1.82) is 0 Å². The average Bonchev–Trinajstić information content (AvgIpc) is 2.26. The molecule has 2 heterocycles. The highest BCUT2D eigenvalue weighted by molar-refractivity contribution is 7.99. The fraction of sp³-hybridized carbons (Fsp3) is 0.400. The summed E-state index contributed by atoms with van der Waals surface area (Å²) in [6, 6.07) is 0. The predicted octanol–water partition coefficient (Wildman–Crippen LogP) is 0.848. The van der Waals surface area contributed by atoms with Gasteiger partial charge in [0.1, 0.15) is 0 Å². The third kappa shape index (κ3) is 2.06. The van der Waals surface area contributed by atoms with Crippen molar-refractivity contribution >= 4 is 11.8 Å². The van der Waals surface area contributed by atoms with Crippen molar-refractivity contribution in [3.63, 3.8) is 0 Å². The maximum absolute atomic E-state index is 5.18. The molecular weight excluding hydrogens is 194 g/mol. The van der Waals surface area contributed by atoms with Gasteiger partial charge in [0.2, 0.25) is 0 Å². The second kappa shape index (κ2) is 4.45. The normalized spacial score (nSPS) is 14.5. The van der Waals surface area contributed by atoms with Crippen molar-refractivity contribution in [2.75, 3.05) is 12.3 Å². The second-order valence-electron chi connectivity index (χ2n) is 3.04. The Kier molecular flexibility index (Phi) is 3.02. The van der Waals surface area contributed by atoms with Crippen LogP contribution in [0.3, 0.4) is 0 Å². The Morgan fingerprint density at radius 2 is 2.57 bits per heavy atom. The number of hydrogen-bond acceptors (Lipinski definition) is 4. The van der Waals surface area contributed by atoms with E-state index in [1.807, 2.05) is 6.20 Å². The third-order valence-electron chi connectivity index (χ3n) is 2.07. The zero-order valence-electron chi connectivity index (χ0n) is 7.79. The van der Waals surface area contributed by atoms with E-state index in [9.17, 15) is 0 Å². The molecule has 0 spiro atoms. The number of terminal acetylenes is 1. The van der Waals surface area contributed by atoms with Crippen LogP contribution in [0.15, 0.2) is 11.4 Å². The molecule has 0 amide bonds. The molecule has 4 heteroatoms. The zero-order valence-corrected chi connectivity index (χ0v) is 8.60. The van der Waals surface area contributed by atoms with Crippen molar-refractivity contribution in [3.05, 3.63) is 17.5 Å². The SMILES string of the molecule is C#CCSc1ncc2c(n1)CCNC2. The summed E-state index contributed by atoms with van der Waals surface area (Å²) in [6.45, 7) is 1.89. The summed E-state index contributed by atoms with van der Waals surface area (Å²) >= 11 is 1.51.